The van der Waals surface area contributed by atoms with Crippen molar-refractivity contribution in [2.75, 3.05) is 28.4 Å². The maximum Gasteiger partial charge on any atom is 0.337 e. The van der Waals surface area contributed by atoms with E-state index in [9.17, 15) is 14.4 Å². The van der Waals surface area contributed by atoms with Crippen molar-refractivity contribution < 1.29 is 37.8 Å². The van der Waals surface area contributed by atoms with Gasteiger partial charge in [-0.3, -0.25) is 4.79 Å². The molecule has 1 N–H and O–H groups in total. The summed E-state index contributed by atoms with van der Waals surface area (Å²) in [4.78, 5) is 38.0. The van der Waals surface area contributed by atoms with Gasteiger partial charge in [-0.25, -0.2) is 9.59 Å². The molecule has 0 fully saturated rings. The van der Waals surface area contributed by atoms with Crippen LogP contribution in [0.25, 0.3) is 33.4 Å². The predicted octanol–water partition coefficient (Wildman–Crippen LogP) is 9.73. The van der Waals surface area contributed by atoms with Crippen molar-refractivity contribution in [2.24, 2.45) is 0 Å². The number of ether oxygens (including phenoxy) is 4. The number of amides is 1. The molecule has 10 heteroatoms. The van der Waals surface area contributed by atoms with Crippen LogP contribution in [-0.2, 0) is 27.1 Å². The molecule has 55 heavy (non-hydrogen) atoms. The summed E-state index contributed by atoms with van der Waals surface area (Å²) < 4.78 is 27.6. The molecule has 5 aromatic rings. The third-order valence-electron chi connectivity index (χ3n) is 10.2. The number of rotatable bonds is 13. The Balaban J connectivity index is 1.46. The Bertz CT molecular complexity index is 2130. The topological polar surface area (TPSA) is 109 Å². The highest BCUT2D eigenvalue weighted by Crippen LogP contribution is 2.38. The standard InChI is InChI=1S/C45H49NO8Si/c1-45(2,3)55(8,9)54-28-29-24-39(50-4)41(40(25-29)51-5)42(47)46-27-37-26-36(32-14-20-35(21-15-32)44(49)53-7)22-23-38(37)33-16-10-30(11-17-33)31-12-18-34(19-13-31)43(48)52-6/h10-26H,27-28H2,1-9H3,(H,46,47). The van der Waals surface area contributed by atoms with Gasteiger partial charge >= 0.3 is 11.9 Å². The van der Waals surface area contributed by atoms with Gasteiger partial charge in [-0.05, 0) is 105 Å². The molecule has 0 radical (unpaired) electrons. The lowest BCUT2D eigenvalue weighted by molar-refractivity contribution is 0.0592. The highest BCUT2D eigenvalue weighted by atomic mass is 28.4. The first-order chi connectivity index (χ1) is 26.2. The minimum absolute atomic E-state index is 0.0466. The number of carbonyl (C=O) groups excluding carboxylic acids is 3. The first-order valence-electron chi connectivity index (χ1n) is 18.0. The van der Waals surface area contributed by atoms with Gasteiger partial charge in [0.15, 0.2) is 8.32 Å². The van der Waals surface area contributed by atoms with Crippen molar-refractivity contribution >= 4 is 26.2 Å². The first kappa shape index (κ1) is 40.5. The first-order valence-corrected chi connectivity index (χ1v) is 20.9. The number of nitrogens with one attached hydrogen (secondary N) is 1. The maximum absolute atomic E-state index is 14.0. The number of hydrogen-bond acceptors (Lipinski definition) is 8. The lowest BCUT2D eigenvalue weighted by Gasteiger charge is -2.36. The Morgan fingerprint density at radius 2 is 1.04 bits per heavy atom. The number of benzene rings is 5. The van der Waals surface area contributed by atoms with Crippen molar-refractivity contribution in [3.05, 3.63) is 131 Å². The van der Waals surface area contributed by atoms with Crippen LogP contribution in [0.1, 0.15) is 63.0 Å². The second-order valence-corrected chi connectivity index (χ2v) is 19.5. The van der Waals surface area contributed by atoms with Crippen molar-refractivity contribution in [2.45, 2.75) is 52.1 Å². The fourth-order valence-electron chi connectivity index (χ4n) is 5.89. The van der Waals surface area contributed by atoms with Crippen LogP contribution in [0.2, 0.25) is 18.1 Å². The van der Waals surface area contributed by atoms with Crippen LogP contribution in [0.4, 0.5) is 0 Å². The molecule has 0 saturated carbocycles. The molecule has 0 aliphatic heterocycles. The van der Waals surface area contributed by atoms with E-state index in [0.717, 1.165) is 44.5 Å². The van der Waals surface area contributed by atoms with Gasteiger partial charge in [0.25, 0.3) is 5.91 Å². The molecular formula is C45H49NO8Si. The van der Waals surface area contributed by atoms with Gasteiger partial charge in [-0.1, -0.05) is 81.4 Å². The largest absolute Gasteiger partial charge is 0.496 e. The van der Waals surface area contributed by atoms with E-state index in [2.05, 4.69) is 39.2 Å². The Hall–Kier alpha value is -5.71. The summed E-state index contributed by atoms with van der Waals surface area (Å²) in [6.07, 6.45) is 0. The van der Waals surface area contributed by atoms with Gasteiger partial charge in [0.1, 0.15) is 17.1 Å². The van der Waals surface area contributed by atoms with Crippen molar-refractivity contribution in [3.63, 3.8) is 0 Å². The molecule has 0 atom stereocenters. The number of methoxy groups -OCH3 is 4. The lowest BCUT2D eigenvalue weighted by Crippen LogP contribution is -2.40. The minimum Gasteiger partial charge on any atom is -0.496 e. The summed E-state index contributed by atoms with van der Waals surface area (Å²) in [5.74, 6) is -0.364. The van der Waals surface area contributed by atoms with E-state index in [4.69, 9.17) is 23.4 Å². The monoisotopic (exact) mass is 759 g/mol. The highest BCUT2D eigenvalue weighted by molar-refractivity contribution is 6.74. The zero-order chi connectivity index (χ0) is 39.9. The fraction of sp³-hybridized carbons (Fsp3) is 0.267. The minimum atomic E-state index is -2.03. The van der Waals surface area contributed by atoms with Gasteiger partial charge < -0.3 is 28.7 Å². The predicted molar refractivity (Wildman–Crippen MR) is 218 cm³/mol. The smallest absolute Gasteiger partial charge is 0.337 e. The third-order valence-corrected chi connectivity index (χ3v) is 14.7. The Kier molecular flexibility index (Phi) is 12.6. The molecule has 0 saturated heterocycles. The van der Waals surface area contributed by atoms with Gasteiger partial charge in [-0.2, -0.15) is 0 Å². The molecular weight excluding hydrogens is 711 g/mol. The molecule has 9 nitrogen and oxygen atoms in total. The van der Waals surface area contributed by atoms with E-state index in [1.165, 1.54) is 28.4 Å². The lowest BCUT2D eigenvalue weighted by atomic mass is 9.93. The Labute approximate surface area is 324 Å². The Morgan fingerprint density at radius 3 is 1.49 bits per heavy atom. The molecule has 0 unspecified atom stereocenters. The van der Waals surface area contributed by atoms with Crippen LogP contribution in [-0.4, -0.2) is 54.6 Å². The van der Waals surface area contributed by atoms with Gasteiger partial charge in [0, 0.05) is 6.54 Å². The summed E-state index contributed by atoms with van der Waals surface area (Å²) in [6.45, 7) is 11.6. The van der Waals surface area contributed by atoms with Crippen LogP contribution in [0.15, 0.2) is 103 Å². The van der Waals surface area contributed by atoms with Crippen LogP contribution in [0, 0.1) is 0 Å². The molecule has 1 amide bonds. The van der Waals surface area contributed by atoms with Crippen LogP contribution < -0.4 is 14.8 Å². The van der Waals surface area contributed by atoms with E-state index in [1.54, 1.807) is 24.3 Å². The summed E-state index contributed by atoms with van der Waals surface area (Å²) in [5.41, 5.74) is 8.58. The summed E-state index contributed by atoms with van der Waals surface area (Å²) in [6, 6.07) is 32.3. The van der Waals surface area contributed by atoms with E-state index in [1.807, 2.05) is 78.9 Å². The average molecular weight is 760 g/mol. The normalized spacial score (nSPS) is 11.4. The summed E-state index contributed by atoms with van der Waals surface area (Å²) >= 11 is 0. The molecule has 5 rings (SSSR count). The molecule has 0 spiro atoms. The van der Waals surface area contributed by atoms with Gasteiger partial charge in [0.2, 0.25) is 0 Å². The zero-order valence-corrected chi connectivity index (χ0v) is 34.0. The molecule has 0 aliphatic carbocycles. The van der Waals surface area contributed by atoms with Crippen molar-refractivity contribution in [1.82, 2.24) is 5.32 Å². The van der Waals surface area contributed by atoms with Gasteiger partial charge in [0.05, 0.1) is 46.2 Å². The quantitative estimate of drug-likeness (QED) is 0.0934. The number of hydrogen-bond donors (Lipinski definition) is 1. The summed E-state index contributed by atoms with van der Waals surface area (Å²) in [7, 11) is 3.76. The van der Waals surface area contributed by atoms with Crippen LogP contribution in [0.5, 0.6) is 11.5 Å². The molecule has 0 aromatic heterocycles. The highest BCUT2D eigenvalue weighted by Gasteiger charge is 2.37. The third kappa shape index (κ3) is 9.33. The molecule has 0 bridgehead atoms. The van der Waals surface area contributed by atoms with E-state index in [-0.39, 0.29) is 23.5 Å². The van der Waals surface area contributed by atoms with Gasteiger partial charge in [-0.15, -0.1) is 0 Å². The van der Waals surface area contributed by atoms with Crippen molar-refractivity contribution in [3.8, 4) is 44.9 Å². The average Bonchev–Trinajstić information content (AvgIpc) is 3.20. The summed E-state index contributed by atoms with van der Waals surface area (Å²) in [5, 5.41) is 3.16. The Morgan fingerprint density at radius 1 is 0.600 bits per heavy atom. The zero-order valence-electron chi connectivity index (χ0n) is 33.0. The molecule has 5 aromatic carbocycles. The maximum atomic E-state index is 14.0. The molecule has 0 aliphatic rings. The SMILES string of the molecule is COC(=O)c1ccc(-c2ccc(-c3ccc(-c4ccc(C(=O)OC)cc4)cc3CNC(=O)c3c(OC)cc(CO[Si](C)(C)C(C)(C)C)cc3OC)cc2)cc1. The van der Waals surface area contributed by atoms with Crippen LogP contribution in [0.3, 0.4) is 0 Å². The van der Waals surface area contributed by atoms with E-state index >= 15 is 0 Å². The molecule has 286 valence electrons. The van der Waals surface area contributed by atoms with E-state index < -0.39 is 14.3 Å². The molecule has 0 heterocycles. The van der Waals surface area contributed by atoms with E-state index in [0.29, 0.717) is 34.8 Å². The number of esters is 2. The van der Waals surface area contributed by atoms with Crippen LogP contribution >= 0.6 is 0 Å². The second kappa shape index (κ2) is 17.2. The van der Waals surface area contributed by atoms with Crippen molar-refractivity contribution in [1.29, 1.82) is 0 Å². The fourth-order valence-corrected chi connectivity index (χ4v) is 6.85. The second-order valence-electron chi connectivity index (χ2n) is 14.7. The number of carbonyl (C=O) groups is 3.